The van der Waals surface area contributed by atoms with Crippen LogP contribution in [0.5, 0.6) is 11.5 Å². The molecule has 1 aromatic carbocycles. The van der Waals surface area contributed by atoms with Crippen molar-refractivity contribution in [2.75, 3.05) is 5.73 Å². The third-order valence-corrected chi connectivity index (χ3v) is 2.81. The second-order valence-electron chi connectivity index (χ2n) is 4.29. The highest BCUT2D eigenvalue weighted by Gasteiger charge is 2.34. The molecule has 0 amide bonds. The number of hydrogen-bond donors (Lipinski definition) is 1. The van der Waals surface area contributed by atoms with Crippen LogP contribution in [-0.2, 0) is 6.54 Å². The molecule has 0 fully saturated rings. The molecule has 0 spiro atoms. The van der Waals surface area contributed by atoms with E-state index < -0.39 is 23.8 Å². The average Bonchev–Trinajstić information content (AvgIpc) is 2.90. The van der Waals surface area contributed by atoms with Gasteiger partial charge in [-0.1, -0.05) is 6.07 Å². The number of esters is 1. The number of nitrogens with zero attached hydrogens (tertiary/aromatic N) is 1. The van der Waals surface area contributed by atoms with Crippen molar-refractivity contribution in [3.8, 4) is 11.5 Å². The van der Waals surface area contributed by atoms with Crippen molar-refractivity contribution >= 4 is 11.7 Å². The van der Waals surface area contributed by atoms with E-state index in [0.29, 0.717) is 6.54 Å². The van der Waals surface area contributed by atoms with Crippen LogP contribution in [0.4, 0.5) is 18.9 Å². The predicted molar refractivity (Wildman–Crippen MR) is 72.6 cm³/mol. The number of para-hydroxylation sites is 1. The zero-order valence-corrected chi connectivity index (χ0v) is 11.6. The molecule has 1 heterocycles. The summed E-state index contributed by atoms with van der Waals surface area (Å²) in [7, 11) is 0. The lowest BCUT2D eigenvalue weighted by Gasteiger charge is -2.15. The van der Waals surface area contributed by atoms with Gasteiger partial charge in [0.2, 0.25) is 0 Å². The van der Waals surface area contributed by atoms with Crippen LogP contribution in [0.1, 0.15) is 17.4 Å². The maximum atomic E-state index is 12.4. The molecule has 0 aliphatic heterocycles. The first-order valence-corrected chi connectivity index (χ1v) is 6.33. The summed E-state index contributed by atoms with van der Waals surface area (Å²) in [5.41, 5.74) is 5.38. The fourth-order valence-corrected chi connectivity index (χ4v) is 1.87. The van der Waals surface area contributed by atoms with Crippen LogP contribution < -0.4 is 15.2 Å². The number of benzene rings is 1. The number of halogens is 3. The number of aryl methyl sites for hydroxylation is 1. The number of alkyl halides is 3. The maximum Gasteiger partial charge on any atom is 0.573 e. The van der Waals surface area contributed by atoms with E-state index in [9.17, 15) is 18.0 Å². The Morgan fingerprint density at radius 1 is 1.27 bits per heavy atom. The Kier molecular flexibility index (Phi) is 4.30. The number of nitrogens with two attached hydrogens (primary N) is 1. The molecule has 0 aliphatic rings. The lowest BCUT2D eigenvalue weighted by atomic mass is 10.2. The van der Waals surface area contributed by atoms with Crippen molar-refractivity contribution in [1.82, 2.24) is 4.57 Å². The van der Waals surface area contributed by atoms with Gasteiger partial charge in [-0.2, -0.15) is 0 Å². The second kappa shape index (κ2) is 6.00. The highest BCUT2D eigenvalue weighted by Crippen LogP contribution is 2.37. The SMILES string of the molecule is CCn1cccc1C(=O)Oc1cccc(N)c1OC(F)(F)F. The van der Waals surface area contributed by atoms with Crippen LogP contribution in [0.3, 0.4) is 0 Å². The summed E-state index contributed by atoms with van der Waals surface area (Å²) in [6.07, 6.45) is -3.29. The van der Waals surface area contributed by atoms with Crippen LogP contribution in [-0.4, -0.2) is 16.9 Å². The van der Waals surface area contributed by atoms with E-state index in [1.807, 2.05) is 6.92 Å². The van der Waals surface area contributed by atoms with Crippen LogP contribution in [0.2, 0.25) is 0 Å². The molecule has 0 bridgehead atoms. The minimum Gasteiger partial charge on any atom is -0.418 e. The van der Waals surface area contributed by atoms with E-state index >= 15 is 0 Å². The topological polar surface area (TPSA) is 66.5 Å². The minimum atomic E-state index is -4.94. The van der Waals surface area contributed by atoms with Crippen LogP contribution in [0.15, 0.2) is 36.5 Å². The van der Waals surface area contributed by atoms with Gasteiger partial charge in [0.05, 0.1) is 5.69 Å². The molecule has 0 radical (unpaired) electrons. The van der Waals surface area contributed by atoms with Crippen molar-refractivity contribution < 1.29 is 27.4 Å². The van der Waals surface area contributed by atoms with Crippen LogP contribution in [0, 0.1) is 0 Å². The number of rotatable bonds is 4. The van der Waals surface area contributed by atoms with Crippen molar-refractivity contribution in [3.05, 3.63) is 42.2 Å². The van der Waals surface area contributed by atoms with E-state index in [4.69, 9.17) is 10.5 Å². The lowest BCUT2D eigenvalue weighted by Crippen LogP contribution is -2.20. The molecule has 0 atom stereocenters. The van der Waals surface area contributed by atoms with Gasteiger partial charge in [0.25, 0.3) is 0 Å². The van der Waals surface area contributed by atoms with Gasteiger partial charge in [-0.15, -0.1) is 13.2 Å². The highest BCUT2D eigenvalue weighted by molar-refractivity contribution is 5.90. The van der Waals surface area contributed by atoms with Crippen LogP contribution in [0.25, 0.3) is 0 Å². The lowest BCUT2D eigenvalue weighted by molar-refractivity contribution is -0.274. The van der Waals surface area contributed by atoms with Crippen molar-refractivity contribution in [1.29, 1.82) is 0 Å². The largest absolute Gasteiger partial charge is 0.573 e. The zero-order valence-electron chi connectivity index (χ0n) is 11.6. The summed E-state index contributed by atoms with van der Waals surface area (Å²) >= 11 is 0. The molecule has 2 N–H and O–H groups in total. The number of carbonyl (C=O) groups is 1. The van der Waals surface area contributed by atoms with E-state index in [1.165, 1.54) is 24.3 Å². The van der Waals surface area contributed by atoms with Gasteiger partial charge in [-0.05, 0) is 31.2 Å². The first-order chi connectivity index (χ1) is 10.3. The molecular weight excluding hydrogens is 301 g/mol. The number of carbonyl (C=O) groups excluding carboxylic acids is 1. The molecule has 8 heteroatoms. The molecule has 1 aromatic heterocycles. The van der Waals surface area contributed by atoms with Gasteiger partial charge in [-0.25, -0.2) is 4.79 Å². The summed E-state index contributed by atoms with van der Waals surface area (Å²) in [4.78, 5) is 12.1. The number of nitrogen functional groups attached to an aromatic ring is 1. The van der Waals surface area contributed by atoms with Gasteiger partial charge in [0.15, 0.2) is 11.5 Å². The quantitative estimate of drug-likeness (QED) is 0.534. The standard InChI is InChI=1S/C14H13F3N2O3/c1-2-19-8-4-6-10(19)13(20)21-11-7-3-5-9(18)12(11)22-14(15,16)17/h3-8H,2,18H2,1H3. The fraction of sp³-hybridized carbons (Fsp3) is 0.214. The Morgan fingerprint density at radius 3 is 2.64 bits per heavy atom. The van der Waals surface area contributed by atoms with E-state index in [0.717, 1.165) is 0 Å². The molecule has 0 saturated carbocycles. The molecule has 0 aliphatic carbocycles. The average molecular weight is 314 g/mol. The first-order valence-electron chi connectivity index (χ1n) is 6.33. The maximum absolute atomic E-state index is 12.4. The molecule has 2 rings (SSSR count). The van der Waals surface area contributed by atoms with Gasteiger partial charge in [0.1, 0.15) is 5.69 Å². The van der Waals surface area contributed by atoms with Gasteiger partial charge in [-0.3, -0.25) is 0 Å². The Morgan fingerprint density at radius 2 is 2.00 bits per heavy atom. The highest BCUT2D eigenvalue weighted by atomic mass is 19.4. The van der Waals surface area contributed by atoms with Crippen molar-refractivity contribution in [2.45, 2.75) is 19.8 Å². The smallest absolute Gasteiger partial charge is 0.418 e. The first kappa shape index (κ1) is 15.7. The van der Waals surface area contributed by atoms with Crippen molar-refractivity contribution in [2.24, 2.45) is 0 Å². The zero-order chi connectivity index (χ0) is 16.3. The van der Waals surface area contributed by atoms with Gasteiger partial charge >= 0.3 is 12.3 Å². The van der Waals surface area contributed by atoms with E-state index in [1.54, 1.807) is 16.8 Å². The molecule has 0 unspecified atom stereocenters. The minimum absolute atomic E-state index is 0.211. The second-order valence-corrected chi connectivity index (χ2v) is 4.29. The summed E-state index contributed by atoms with van der Waals surface area (Å²) in [5.74, 6) is -1.94. The Hall–Kier alpha value is -2.64. The number of aromatic nitrogens is 1. The van der Waals surface area contributed by atoms with Crippen molar-refractivity contribution in [3.63, 3.8) is 0 Å². The normalized spacial score (nSPS) is 11.3. The third-order valence-electron chi connectivity index (χ3n) is 2.81. The Labute approximate surface area is 124 Å². The summed E-state index contributed by atoms with van der Waals surface area (Å²) < 4.78 is 47.6. The monoisotopic (exact) mass is 314 g/mol. The molecule has 2 aromatic rings. The Balaban J connectivity index is 2.30. The molecule has 22 heavy (non-hydrogen) atoms. The molecule has 0 saturated heterocycles. The summed E-state index contributed by atoms with van der Waals surface area (Å²) in [6, 6.07) is 6.89. The molecular formula is C14H13F3N2O3. The number of ether oxygens (including phenoxy) is 2. The number of anilines is 1. The Bertz CT molecular complexity index is 680. The molecule has 118 valence electrons. The number of hydrogen-bond acceptors (Lipinski definition) is 4. The predicted octanol–water partition coefficient (Wildman–Crippen LogP) is 3.21. The van der Waals surface area contributed by atoms with Crippen LogP contribution >= 0.6 is 0 Å². The third kappa shape index (κ3) is 3.51. The molecule has 5 nitrogen and oxygen atoms in total. The summed E-state index contributed by atoms with van der Waals surface area (Å²) in [5, 5.41) is 0. The van der Waals surface area contributed by atoms with E-state index in [2.05, 4.69) is 4.74 Å². The van der Waals surface area contributed by atoms with Gasteiger partial charge in [0, 0.05) is 12.7 Å². The summed E-state index contributed by atoms with van der Waals surface area (Å²) in [6.45, 7) is 2.33. The fourth-order valence-electron chi connectivity index (χ4n) is 1.87. The van der Waals surface area contributed by atoms with E-state index in [-0.39, 0.29) is 11.4 Å². The van der Waals surface area contributed by atoms with Gasteiger partial charge < -0.3 is 19.8 Å².